The van der Waals surface area contributed by atoms with Crippen molar-refractivity contribution >= 4 is 29.9 Å². The molecular weight excluding hydrogens is 379 g/mol. The summed E-state index contributed by atoms with van der Waals surface area (Å²) in [5, 5.41) is 6.92. The summed E-state index contributed by atoms with van der Waals surface area (Å²) >= 11 is 0. The van der Waals surface area contributed by atoms with Gasteiger partial charge in [0.2, 0.25) is 0 Å². The first-order valence-corrected chi connectivity index (χ1v) is 7.97. The van der Waals surface area contributed by atoms with Crippen molar-refractivity contribution in [1.82, 2.24) is 15.5 Å². The Kier molecular flexibility index (Phi) is 8.26. The Hall–Kier alpha value is -0.0800. The van der Waals surface area contributed by atoms with Gasteiger partial charge in [0.15, 0.2) is 5.96 Å². The number of ether oxygens (including phenoxy) is 1. The van der Waals surface area contributed by atoms with Crippen LogP contribution in [0.2, 0.25) is 0 Å². The molecule has 2 aliphatic heterocycles. The third-order valence-corrected chi connectivity index (χ3v) is 4.75. The Balaban J connectivity index is 0.00000220. The van der Waals surface area contributed by atoms with E-state index in [4.69, 9.17) is 4.74 Å². The fourth-order valence-corrected chi connectivity index (χ4v) is 3.04. The van der Waals surface area contributed by atoms with Crippen LogP contribution in [0.3, 0.4) is 0 Å². The molecule has 2 saturated heterocycles. The van der Waals surface area contributed by atoms with Gasteiger partial charge in [-0.05, 0) is 39.7 Å². The molecule has 5 nitrogen and oxygen atoms in total. The average Bonchev–Trinajstić information content (AvgIpc) is 3.07. The maximum atomic E-state index is 5.87. The molecule has 0 aromatic carbocycles. The van der Waals surface area contributed by atoms with Crippen LogP contribution in [0.4, 0.5) is 0 Å². The topological polar surface area (TPSA) is 48.9 Å². The van der Waals surface area contributed by atoms with Crippen molar-refractivity contribution in [3.05, 3.63) is 0 Å². The molecule has 4 atom stereocenters. The molecule has 21 heavy (non-hydrogen) atoms. The molecule has 2 heterocycles. The minimum Gasteiger partial charge on any atom is -0.373 e. The number of hydrogen-bond donors (Lipinski definition) is 2. The van der Waals surface area contributed by atoms with Crippen molar-refractivity contribution in [2.75, 3.05) is 27.2 Å². The van der Waals surface area contributed by atoms with Crippen LogP contribution < -0.4 is 10.6 Å². The van der Waals surface area contributed by atoms with E-state index in [1.54, 1.807) is 0 Å². The summed E-state index contributed by atoms with van der Waals surface area (Å²) in [6, 6.07) is 1.07. The molecule has 0 saturated carbocycles. The molecule has 6 heteroatoms. The van der Waals surface area contributed by atoms with Gasteiger partial charge in [-0.25, -0.2) is 0 Å². The third kappa shape index (κ3) is 5.25. The Morgan fingerprint density at radius 3 is 2.71 bits per heavy atom. The lowest BCUT2D eigenvalue weighted by Gasteiger charge is -2.25. The highest BCUT2D eigenvalue weighted by atomic mass is 127. The number of hydrogen-bond acceptors (Lipinski definition) is 3. The lowest BCUT2D eigenvalue weighted by Crippen LogP contribution is -2.49. The highest BCUT2D eigenvalue weighted by Gasteiger charge is 2.41. The Morgan fingerprint density at radius 1 is 1.43 bits per heavy atom. The molecule has 0 aromatic heterocycles. The van der Waals surface area contributed by atoms with Crippen molar-refractivity contribution in [3.8, 4) is 0 Å². The quantitative estimate of drug-likeness (QED) is 0.399. The van der Waals surface area contributed by atoms with Gasteiger partial charge < -0.3 is 20.3 Å². The summed E-state index contributed by atoms with van der Waals surface area (Å²) in [5.74, 6) is 0.906. The van der Waals surface area contributed by atoms with E-state index in [0.29, 0.717) is 24.3 Å². The van der Waals surface area contributed by atoms with Crippen LogP contribution in [0.25, 0.3) is 0 Å². The maximum Gasteiger partial charge on any atom is 0.191 e. The Labute approximate surface area is 146 Å². The van der Waals surface area contributed by atoms with E-state index < -0.39 is 0 Å². The van der Waals surface area contributed by atoms with Crippen LogP contribution in [0.15, 0.2) is 4.99 Å². The normalized spacial score (nSPS) is 29.4. The van der Waals surface area contributed by atoms with Crippen LogP contribution in [-0.2, 0) is 4.74 Å². The molecule has 0 aromatic rings. The summed E-state index contributed by atoms with van der Waals surface area (Å²) in [5.41, 5.74) is 0. The smallest absolute Gasteiger partial charge is 0.191 e. The molecule has 2 aliphatic rings. The Bertz CT molecular complexity index is 340. The van der Waals surface area contributed by atoms with Crippen molar-refractivity contribution in [1.29, 1.82) is 0 Å². The molecule has 0 radical (unpaired) electrons. The summed E-state index contributed by atoms with van der Waals surface area (Å²) in [7, 11) is 4.01. The Morgan fingerprint density at radius 2 is 2.19 bits per heavy atom. The first-order valence-electron chi connectivity index (χ1n) is 7.97. The first kappa shape index (κ1) is 19.0. The van der Waals surface area contributed by atoms with Gasteiger partial charge in [-0.2, -0.15) is 0 Å². The number of halogens is 1. The zero-order valence-corrected chi connectivity index (χ0v) is 16.1. The van der Waals surface area contributed by atoms with Crippen LogP contribution >= 0.6 is 24.0 Å². The summed E-state index contributed by atoms with van der Waals surface area (Å²) in [6.45, 7) is 6.44. The molecule has 2 N–H and O–H groups in total. The first-order chi connectivity index (χ1) is 9.63. The number of nitrogens with zero attached hydrogens (tertiary/aromatic N) is 2. The predicted octanol–water partition coefficient (Wildman–Crippen LogP) is 1.82. The maximum absolute atomic E-state index is 5.87. The summed E-state index contributed by atoms with van der Waals surface area (Å²) in [6.07, 6.45) is 5.60. The molecule has 0 aliphatic carbocycles. The number of likely N-dealkylation sites (N-methyl/N-ethyl adjacent to an activating group) is 1. The van der Waals surface area contributed by atoms with Crippen molar-refractivity contribution < 1.29 is 4.74 Å². The van der Waals surface area contributed by atoms with Crippen LogP contribution in [0, 0.1) is 0 Å². The zero-order chi connectivity index (χ0) is 14.5. The van der Waals surface area contributed by atoms with Gasteiger partial charge in [0, 0.05) is 26.2 Å². The lowest BCUT2D eigenvalue weighted by atomic mass is 9.96. The minimum absolute atomic E-state index is 0. The SMILES string of the molecule is CCC(C)N(C)CCNC(=NC)NC1CC2CCC1O2.I. The van der Waals surface area contributed by atoms with E-state index in [1.807, 2.05) is 7.05 Å². The standard InChI is InChI=1S/C15H30N4O.HI/c1-5-11(2)19(4)9-8-17-15(16-3)18-13-10-12-6-7-14(13)20-12;/h11-14H,5-10H2,1-4H3,(H2,16,17,18);1H. The number of guanidine groups is 1. The molecule has 0 amide bonds. The van der Waals surface area contributed by atoms with Gasteiger partial charge in [0.1, 0.15) is 0 Å². The van der Waals surface area contributed by atoms with Crippen molar-refractivity contribution in [2.45, 2.75) is 63.8 Å². The highest BCUT2D eigenvalue weighted by Crippen LogP contribution is 2.34. The van der Waals surface area contributed by atoms with Gasteiger partial charge in [-0.1, -0.05) is 6.92 Å². The second-order valence-electron chi connectivity index (χ2n) is 6.10. The molecule has 2 rings (SSSR count). The fraction of sp³-hybridized carbons (Fsp3) is 0.933. The zero-order valence-electron chi connectivity index (χ0n) is 13.8. The van der Waals surface area contributed by atoms with Gasteiger partial charge in [-0.3, -0.25) is 4.99 Å². The number of fused-ring (bicyclic) bond motifs is 2. The van der Waals surface area contributed by atoms with Crippen molar-refractivity contribution in [3.63, 3.8) is 0 Å². The largest absolute Gasteiger partial charge is 0.373 e. The van der Waals surface area contributed by atoms with Gasteiger partial charge >= 0.3 is 0 Å². The number of nitrogens with one attached hydrogen (secondary N) is 2. The van der Waals surface area contributed by atoms with Gasteiger partial charge in [0.05, 0.1) is 18.2 Å². The molecular formula is C15H31IN4O. The minimum atomic E-state index is 0. The van der Waals surface area contributed by atoms with E-state index in [-0.39, 0.29) is 24.0 Å². The van der Waals surface area contributed by atoms with Gasteiger partial charge in [-0.15, -0.1) is 24.0 Å². The highest BCUT2D eigenvalue weighted by molar-refractivity contribution is 14.0. The van der Waals surface area contributed by atoms with E-state index in [1.165, 1.54) is 19.3 Å². The average molecular weight is 410 g/mol. The van der Waals surface area contributed by atoms with E-state index >= 15 is 0 Å². The number of rotatable bonds is 6. The monoisotopic (exact) mass is 410 g/mol. The summed E-state index contributed by atoms with van der Waals surface area (Å²) < 4.78 is 5.87. The lowest BCUT2D eigenvalue weighted by molar-refractivity contribution is 0.0992. The second kappa shape index (κ2) is 9.15. The number of aliphatic imine (C=N–C) groups is 1. The van der Waals surface area contributed by atoms with E-state index in [2.05, 4.69) is 41.4 Å². The second-order valence-corrected chi connectivity index (χ2v) is 6.10. The molecule has 2 fully saturated rings. The molecule has 2 bridgehead atoms. The van der Waals surface area contributed by atoms with E-state index in [0.717, 1.165) is 25.5 Å². The fourth-order valence-electron chi connectivity index (χ4n) is 3.04. The third-order valence-electron chi connectivity index (χ3n) is 4.75. The van der Waals surface area contributed by atoms with Crippen LogP contribution in [0.1, 0.15) is 39.5 Å². The molecule has 0 spiro atoms. The predicted molar refractivity (Wildman–Crippen MR) is 98.6 cm³/mol. The summed E-state index contributed by atoms with van der Waals surface area (Å²) in [4.78, 5) is 6.69. The molecule has 124 valence electrons. The van der Waals surface area contributed by atoms with E-state index in [9.17, 15) is 0 Å². The van der Waals surface area contributed by atoms with Crippen LogP contribution in [-0.4, -0.2) is 62.3 Å². The van der Waals surface area contributed by atoms with Crippen LogP contribution in [0.5, 0.6) is 0 Å². The van der Waals surface area contributed by atoms with Crippen molar-refractivity contribution in [2.24, 2.45) is 4.99 Å². The van der Waals surface area contributed by atoms with Gasteiger partial charge in [0.25, 0.3) is 0 Å². The molecule has 4 unspecified atom stereocenters.